The van der Waals surface area contributed by atoms with Crippen molar-refractivity contribution in [2.24, 2.45) is 0 Å². The van der Waals surface area contributed by atoms with E-state index < -0.39 is 11.9 Å². The van der Waals surface area contributed by atoms with E-state index in [4.69, 9.17) is 0 Å². The lowest BCUT2D eigenvalue weighted by molar-refractivity contribution is 0.403. The van der Waals surface area contributed by atoms with Crippen molar-refractivity contribution in [2.45, 2.75) is 6.92 Å². The summed E-state index contributed by atoms with van der Waals surface area (Å²) < 4.78 is 0. The average molecular weight is 328 g/mol. The first-order valence-electron chi connectivity index (χ1n) is 7.57. The third kappa shape index (κ3) is 2.22. The van der Waals surface area contributed by atoms with Crippen LogP contribution >= 0.6 is 0 Å². The van der Waals surface area contributed by atoms with Crippen molar-refractivity contribution < 1.29 is 10.2 Å². The number of rotatable bonds is 1. The van der Waals surface area contributed by atoms with E-state index in [1.165, 1.54) is 6.20 Å². The van der Waals surface area contributed by atoms with Crippen LogP contribution in [0, 0.1) is 18.3 Å². The smallest absolute Gasteiger partial charge is 0.317 e. The maximum atomic E-state index is 9.89. The Morgan fingerprint density at radius 1 is 1.04 bits per heavy atom. The summed E-state index contributed by atoms with van der Waals surface area (Å²) >= 11 is 0. The molecule has 4 aromatic rings. The molecule has 0 saturated heterocycles. The van der Waals surface area contributed by atoms with E-state index in [0.29, 0.717) is 5.69 Å². The molecule has 0 fully saturated rings. The van der Waals surface area contributed by atoms with Gasteiger partial charge in [0.05, 0.1) is 11.1 Å². The predicted molar refractivity (Wildman–Crippen MR) is 93.1 cm³/mol. The quantitative estimate of drug-likeness (QED) is 0.555. The number of hydrogen-bond donors (Lipinski definition) is 2. The summed E-state index contributed by atoms with van der Waals surface area (Å²) in [5.74, 6) is -0.410. The van der Waals surface area contributed by atoms with Crippen LogP contribution in [0.5, 0.6) is 11.9 Å². The van der Waals surface area contributed by atoms with Crippen molar-refractivity contribution in [3.8, 4) is 29.2 Å². The minimum Gasteiger partial charge on any atom is -0.493 e. The molecule has 25 heavy (non-hydrogen) atoms. The number of aromatic hydroxyl groups is 2. The third-order valence-corrected chi connectivity index (χ3v) is 4.19. The lowest BCUT2D eigenvalue weighted by Gasteiger charge is -2.11. The zero-order chi connectivity index (χ0) is 17.6. The average Bonchev–Trinajstić information content (AvgIpc) is 2.60. The van der Waals surface area contributed by atoms with Gasteiger partial charge in [0.25, 0.3) is 0 Å². The highest BCUT2D eigenvalue weighted by molar-refractivity contribution is 6.02. The Morgan fingerprint density at radius 2 is 1.80 bits per heavy atom. The van der Waals surface area contributed by atoms with Gasteiger partial charge in [-0.1, -0.05) is 36.4 Å². The topological polar surface area (TPSA) is 103 Å². The van der Waals surface area contributed by atoms with E-state index in [1.54, 1.807) is 0 Å². The lowest BCUT2D eigenvalue weighted by Crippen LogP contribution is -1.96. The normalized spacial score (nSPS) is 10.9. The van der Waals surface area contributed by atoms with Crippen LogP contribution in [-0.4, -0.2) is 25.2 Å². The summed E-state index contributed by atoms with van der Waals surface area (Å²) in [6.07, 6.45) is 1.41. The Morgan fingerprint density at radius 3 is 2.56 bits per heavy atom. The van der Waals surface area contributed by atoms with Crippen LogP contribution in [0.2, 0.25) is 0 Å². The van der Waals surface area contributed by atoms with Crippen molar-refractivity contribution in [1.29, 1.82) is 5.26 Å². The van der Waals surface area contributed by atoms with Crippen LogP contribution in [0.3, 0.4) is 0 Å². The number of pyridine rings is 1. The van der Waals surface area contributed by atoms with Gasteiger partial charge in [0.2, 0.25) is 5.88 Å². The number of aryl methyl sites for hydroxylation is 1. The first-order valence-corrected chi connectivity index (χ1v) is 7.57. The molecule has 0 aliphatic rings. The Balaban J connectivity index is 2.15. The minimum atomic E-state index is -0.590. The SMILES string of the molecule is Cc1cccc2cccc(-c3ncc4c(O)nc(O)nc4c3C#N)c12. The van der Waals surface area contributed by atoms with Gasteiger partial charge in [0.1, 0.15) is 17.1 Å². The van der Waals surface area contributed by atoms with E-state index in [-0.39, 0.29) is 16.5 Å². The fraction of sp³-hybridized carbons (Fsp3) is 0.0526. The van der Waals surface area contributed by atoms with Crippen molar-refractivity contribution in [3.05, 3.63) is 53.7 Å². The highest BCUT2D eigenvalue weighted by atomic mass is 16.3. The summed E-state index contributed by atoms with van der Waals surface area (Å²) in [4.78, 5) is 11.8. The van der Waals surface area contributed by atoms with Gasteiger partial charge in [0.15, 0.2) is 0 Å². The predicted octanol–water partition coefficient (Wildman–Crippen LogP) is 3.44. The fourth-order valence-corrected chi connectivity index (χ4v) is 3.10. The second-order valence-corrected chi connectivity index (χ2v) is 5.68. The summed E-state index contributed by atoms with van der Waals surface area (Å²) in [5.41, 5.74) is 2.66. The van der Waals surface area contributed by atoms with E-state index >= 15 is 0 Å². The second kappa shape index (κ2) is 5.42. The lowest BCUT2D eigenvalue weighted by atomic mass is 9.95. The first-order chi connectivity index (χ1) is 12.1. The fourth-order valence-electron chi connectivity index (χ4n) is 3.10. The Bertz CT molecular complexity index is 1190. The first kappa shape index (κ1) is 14.8. The summed E-state index contributed by atoms with van der Waals surface area (Å²) in [7, 11) is 0. The third-order valence-electron chi connectivity index (χ3n) is 4.19. The van der Waals surface area contributed by atoms with E-state index in [9.17, 15) is 15.5 Å². The van der Waals surface area contributed by atoms with Crippen LogP contribution < -0.4 is 0 Å². The standard InChI is InChI=1S/C19H12N4O2/c1-10-4-2-5-11-6-3-7-12(15(10)11)16-13(8-20)17-14(9-21-16)18(24)23-19(25)22-17/h2-7,9H,1H3,(H2,22,23,24,25). The maximum absolute atomic E-state index is 9.89. The molecular weight excluding hydrogens is 316 g/mol. The van der Waals surface area contributed by atoms with Gasteiger partial charge in [-0.25, -0.2) is 0 Å². The van der Waals surface area contributed by atoms with Gasteiger partial charge in [0, 0.05) is 11.8 Å². The number of fused-ring (bicyclic) bond motifs is 2. The number of benzene rings is 2. The van der Waals surface area contributed by atoms with Crippen molar-refractivity contribution >= 4 is 21.7 Å². The van der Waals surface area contributed by atoms with Crippen LogP contribution in [0.4, 0.5) is 0 Å². The van der Waals surface area contributed by atoms with Gasteiger partial charge in [-0.05, 0) is 23.3 Å². The molecule has 0 aliphatic heterocycles. The molecule has 2 N–H and O–H groups in total. The number of aromatic nitrogens is 3. The molecule has 120 valence electrons. The molecular formula is C19H12N4O2. The maximum Gasteiger partial charge on any atom is 0.317 e. The van der Waals surface area contributed by atoms with E-state index in [1.807, 2.05) is 43.3 Å². The summed E-state index contributed by atoms with van der Waals surface area (Å²) in [6.45, 7) is 2.00. The molecule has 0 saturated carbocycles. The molecule has 2 aromatic carbocycles. The van der Waals surface area contributed by atoms with Crippen LogP contribution in [0.15, 0.2) is 42.6 Å². The molecule has 6 nitrogen and oxygen atoms in total. The molecule has 2 heterocycles. The molecule has 0 radical (unpaired) electrons. The zero-order valence-corrected chi connectivity index (χ0v) is 13.2. The van der Waals surface area contributed by atoms with Crippen LogP contribution in [0.25, 0.3) is 32.9 Å². The summed E-state index contributed by atoms with van der Waals surface area (Å²) in [6, 6.07) is 13.3. The van der Waals surface area contributed by atoms with Crippen LogP contribution in [0.1, 0.15) is 11.1 Å². The minimum absolute atomic E-state index is 0.170. The molecule has 4 rings (SSSR count). The highest BCUT2D eigenvalue weighted by Gasteiger charge is 2.18. The van der Waals surface area contributed by atoms with Gasteiger partial charge < -0.3 is 10.2 Å². The van der Waals surface area contributed by atoms with Crippen molar-refractivity contribution in [2.75, 3.05) is 0 Å². The van der Waals surface area contributed by atoms with E-state index in [0.717, 1.165) is 21.9 Å². The zero-order valence-electron chi connectivity index (χ0n) is 13.2. The van der Waals surface area contributed by atoms with Gasteiger partial charge in [-0.15, -0.1) is 0 Å². The molecule has 0 spiro atoms. The molecule has 6 heteroatoms. The Labute approximate surface area is 142 Å². The molecule has 0 aliphatic carbocycles. The molecule has 0 bridgehead atoms. The van der Waals surface area contributed by atoms with Gasteiger partial charge in [-0.3, -0.25) is 4.98 Å². The molecule has 2 aromatic heterocycles. The molecule has 0 amide bonds. The number of nitriles is 1. The largest absolute Gasteiger partial charge is 0.493 e. The van der Waals surface area contributed by atoms with Gasteiger partial charge >= 0.3 is 6.01 Å². The summed E-state index contributed by atoms with van der Waals surface area (Å²) in [5, 5.41) is 31.4. The molecule has 0 unspecified atom stereocenters. The van der Waals surface area contributed by atoms with Gasteiger partial charge in [-0.2, -0.15) is 15.2 Å². The Hall–Kier alpha value is -3.72. The highest BCUT2D eigenvalue weighted by Crippen LogP contribution is 2.35. The van der Waals surface area contributed by atoms with Crippen LogP contribution in [-0.2, 0) is 0 Å². The number of nitrogens with zero attached hydrogens (tertiary/aromatic N) is 4. The Kier molecular flexibility index (Phi) is 3.22. The van der Waals surface area contributed by atoms with Crippen molar-refractivity contribution in [1.82, 2.24) is 15.0 Å². The van der Waals surface area contributed by atoms with Crippen molar-refractivity contribution in [3.63, 3.8) is 0 Å². The molecule has 0 atom stereocenters. The monoisotopic (exact) mass is 328 g/mol. The second-order valence-electron chi connectivity index (χ2n) is 5.68. The van der Waals surface area contributed by atoms with E-state index in [2.05, 4.69) is 21.0 Å². The number of hydrogen-bond acceptors (Lipinski definition) is 6.